The number of likely N-dealkylation sites (N-methyl/N-ethyl adjacent to an activating group) is 1. The number of ether oxygens (including phenoxy) is 3. The van der Waals surface area contributed by atoms with E-state index in [1.807, 2.05) is 42.5 Å². The van der Waals surface area contributed by atoms with E-state index in [1.165, 1.54) is 4.90 Å². The summed E-state index contributed by atoms with van der Waals surface area (Å²) in [5.41, 5.74) is 4.86. The van der Waals surface area contributed by atoms with Crippen LogP contribution >= 0.6 is 0 Å². The van der Waals surface area contributed by atoms with E-state index in [2.05, 4.69) is 6.08 Å². The van der Waals surface area contributed by atoms with Gasteiger partial charge >= 0.3 is 5.97 Å². The normalized spacial score (nSPS) is 13.9. The van der Waals surface area contributed by atoms with E-state index in [1.54, 1.807) is 28.3 Å². The van der Waals surface area contributed by atoms with Gasteiger partial charge in [0.1, 0.15) is 0 Å². The van der Waals surface area contributed by atoms with Crippen LogP contribution in [0.5, 0.6) is 11.5 Å². The minimum atomic E-state index is -0.502. The predicted octanol–water partition coefficient (Wildman–Crippen LogP) is 4.37. The number of allylic oxidation sites excluding steroid dienone is 1. The number of esters is 1. The van der Waals surface area contributed by atoms with E-state index in [-0.39, 0.29) is 12.5 Å². The first kappa shape index (κ1) is 23.3. The lowest BCUT2D eigenvalue weighted by Gasteiger charge is -2.22. The third kappa shape index (κ3) is 4.59. The molecule has 0 spiro atoms. The van der Waals surface area contributed by atoms with Crippen molar-refractivity contribution in [2.24, 2.45) is 0 Å². The molecule has 3 aromatic rings. The van der Waals surface area contributed by atoms with Crippen LogP contribution in [-0.2, 0) is 16.0 Å². The zero-order valence-corrected chi connectivity index (χ0v) is 19.9. The van der Waals surface area contributed by atoms with Crippen LogP contribution < -0.4 is 9.47 Å². The topological polar surface area (TPSA) is 78.0 Å². The fourth-order valence-electron chi connectivity index (χ4n) is 4.18. The Bertz CT molecular complexity index is 1280. The summed E-state index contributed by atoms with van der Waals surface area (Å²) in [5.74, 6) is 0.538. The molecule has 0 saturated heterocycles. The van der Waals surface area contributed by atoms with Gasteiger partial charge in [-0.1, -0.05) is 24.3 Å². The van der Waals surface area contributed by atoms with Crippen LogP contribution in [0.15, 0.2) is 42.5 Å². The number of methoxy groups -OCH3 is 2. The van der Waals surface area contributed by atoms with Gasteiger partial charge in [-0.25, -0.2) is 9.78 Å². The monoisotopic (exact) mass is 460 g/mol. The molecule has 0 fully saturated rings. The summed E-state index contributed by atoms with van der Waals surface area (Å²) in [7, 11) is 6.47. The number of hydrogen-bond donors (Lipinski definition) is 0. The SMILES string of the molecule is COc1ccc(/C=C2\CCCc3c2nc2ccccc2c3C(=O)OCC(=O)N(C)C)cc1OC. The Morgan fingerprint density at radius 3 is 2.53 bits per heavy atom. The Morgan fingerprint density at radius 1 is 1.03 bits per heavy atom. The molecule has 176 valence electrons. The number of para-hydroxylation sites is 1. The van der Waals surface area contributed by atoms with Crippen molar-refractivity contribution in [3.63, 3.8) is 0 Å². The molecule has 7 heteroatoms. The molecular formula is C27H28N2O5. The van der Waals surface area contributed by atoms with E-state index in [0.717, 1.165) is 40.6 Å². The summed E-state index contributed by atoms with van der Waals surface area (Å²) in [6.45, 7) is -0.300. The quantitative estimate of drug-likeness (QED) is 0.508. The molecule has 0 saturated carbocycles. The van der Waals surface area contributed by atoms with Gasteiger partial charge in [0.25, 0.3) is 5.91 Å². The fourth-order valence-corrected chi connectivity index (χ4v) is 4.18. The minimum absolute atomic E-state index is 0.269. The number of carbonyl (C=O) groups is 2. The first-order valence-electron chi connectivity index (χ1n) is 11.1. The van der Waals surface area contributed by atoms with Crippen LogP contribution in [0.1, 0.15) is 40.0 Å². The highest BCUT2D eigenvalue weighted by molar-refractivity contribution is 6.07. The maximum absolute atomic E-state index is 13.2. The number of hydrogen-bond acceptors (Lipinski definition) is 6. The summed E-state index contributed by atoms with van der Waals surface area (Å²) in [6.07, 6.45) is 4.50. The van der Waals surface area contributed by atoms with Crippen LogP contribution in [0, 0.1) is 0 Å². The molecule has 4 rings (SSSR count). The minimum Gasteiger partial charge on any atom is -0.493 e. The van der Waals surface area contributed by atoms with E-state index in [4.69, 9.17) is 19.2 Å². The van der Waals surface area contributed by atoms with Crippen molar-refractivity contribution < 1.29 is 23.8 Å². The van der Waals surface area contributed by atoms with E-state index >= 15 is 0 Å². The number of aromatic nitrogens is 1. The second kappa shape index (κ2) is 9.95. The van der Waals surface area contributed by atoms with Gasteiger partial charge in [0.2, 0.25) is 0 Å². The van der Waals surface area contributed by atoms with Gasteiger partial charge in [0, 0.05) is 19.5 Å². The van der Waals surface area contributed by atoms with Crippen LogP contribution in [-0.4, -0.2) is 56.7 Å². The molecule has 2 aromatic carbocycles. The molecule has 1 amide bonds. The molecule has 0 radical (unpaired) electrons. The first-order chi connectivity index (χ1) is 16.4. The van der Waals surface area contributed by atoms with E-state index < -0.39 is 5.97 Å². The Hall–Kier alpha value is -3.87. The lowest BCUT2D eigenvalue weighted by molar-refractivity contribution is -0.131. The molecule has 1 heterocycles. The molecule has 1 aliphatic rings. The maximum Gasteiger partial charge on any atom is 0.339 e. The Morgan fingerprint density at radius 2 is 1.79 bits per heavy atom. The lowest BCUT2D eigenvalue weighted by atomic mass is 9.86. The second-order valence-corrected chi connectivity index (χ2v) is 8.33. The van der Waals surface area contributed by atoms with Crippen LogP contribution in [0.3, 0.4) is 0 Å². The zero-order valence-electron chi connectivity index (χ0n) is 19.9. The second-order valence-electron chi connectivity index (χ2n) is 8.33. The highest BCUT2D eigenvalue weighted by Gasteiger charge is 2.26. The van der Waals surface area contributed by atoms with Crippen molar-refractivity contribution in [2.75, 3.05) is 34.9 Å². The summed E-state index contributed by atoms with van der Waals surface area (Å²) >= 11 is 0. The third-order valence-corrected chi connectivity index (χ3v) is 5.95. The van der Waals surface area contributed by atoms with Crippen molar-refractivity contribution in [1.82, 2.24) is 9.88 Å². The van der Waals surface area contributed by atoms with Gasteiger partial charge in [-0.3, -0.25) is 4.79 Å². The summed E-state index contributed by atoms with van der Waals surface area (Å²) in [6, 6.07) is 13.3. The van der Waals surface area contributed by atoms with Crippen LogP contribution in [0.2, 0.25) is 0 Å². The number of amides is 1. The average Bonchev–Trinajstić information content (AvgIpc) is 2.85. The van der Waals surface area contributed by atoms with Crippen molar-refractivity contribution in [3.8, 4) is 11.5 Å². The predicted molar refractivity (Wildman–Crippen MR) is 131 cm³/mol. The molecule has 7 nitrogen and oxygen atoms in total. The van der Waals surface area contributed by atoms with Crippen molar-refractivity contribution in [1.29, 1.82) is 0 Å². The van der Waals surface area contributed by atoms with Gasteiger partial charge in [-0.05, 0) is 60.2 Å². The Labute approximate surface area is 198 Å². The highest BCUT2D eigenvalue weighted by atomic mass is 16.5. The number of benzene rings is 2. The Kier molecular flexibility index (Phi) is 6.82. The standard InChI is InChI=1S/C27H28N2O5/c1-29(2)24(30)16-34-27(31)25-19-9-5-6-11-21(19)28-26-18(8-7-10-20(25)26)14-17-12-13-22(32-3)23(15-17)33-4/h5-6,9,11-15H,7-8,10,16H2,1-4H3/b18-14+. The molecule has 0 aliphatic heterocycles. The molecule has 0 N–H and O–H groups in total. The van der Waals surface area contributed by atoms with Crippen LogP contribution in [0.4, 0.5) is 0 Å². The average molecular weight is 461 g/mol. The molecule has 1 aliphatic carbocycles. The van der Waals surface area contributed by atoms with Gasteiger partial charge < -0.3 is 19.1 Å². The number of pyridine rings is 1. The Balaban J connectivity index is 1.80. The van der Waals surface area contributed by atoms with Crippen molar-refractivity contribution in [2.45, 2.75) is 19.3 Å². The summed E-state index contributed by atoms with van der Waals surface area (Å²) in [5, 5.41) is 0.732. The molecule has 34 heavy (non-hydrogen) atoms. The summed E-state index contributed by atoms with van der Waals surface area (Å²) in [4.78, 5) is 31.5. The van der Waals surface area contributed by atoms with E-state index in [9.17, 15) is 9.59 Å². The largest absolute Gasteiger partial charge is 0.493 e. The van der Waals surface area contributed by atoms with Gasteiger partial charge in [0.15, 0.2) is 18.1 Å². The number of rotatable bonds is 6. The maximum atomic E-state index is 13.2. The van der Waals surface area contributed by atoms with E-state index in [0.29, 0.717) is 29.0 Å². The zero-order chi connectivity index (χ0) is 24.2. The highest BCUT2D eigenvalue weighted by Crippen LogP contribution is 2.37. The molecule has 0 bridgehead atoms. The smallest absolute Gasteiger partial charge is 0.339 e. The fraction of sp³-hybridized carbons (Fsp3) is 0.296. The number of fused-ring (bicyclic) bond motifs is 2. The molecule has 1 aromatic heterocycles. The van der Waals surface area contributed by atoms with Crippen LogP contribution in [0.25, 0.3) is 22.6 Å². The third-order valence-electron chi connectivity index (χ3n) is 5.95. The lowest BCUT2D eigenvalue weighted by Crippen LogP contribution is -2.28. The first-order valence-corrected chi connectivity index (χ1v) is 11.1. The number of nitrogens with zero attached hydrogens (tertiary/aromatic N) is 2. The van der Waals surface area contributed by atoms with Crippen molar-refractivity contribution >= 4 is 34.4 Å². The van der Waals surface area contributed by atoms with Gasteiger partial charge in [-0.15, -0.1) is 0 Å². The molecule has 0 unspecified atom stereocenters. The van der Waals surface area contributed by atoms with Crippen molar-refractivity contribution in [3.05, 3.63) is 64.8 Å². The molecule has 0 atom stereocenters. The number of carbonyl (C=O) groups excluding carboxylic acids is 2. The molecular weight excluding hydrogens is 432 g/mol. The van der Waals surface area contributed by atoms with Gasteiger partial charge in [-0.2, -0.15) is 0 Å². The summed E-state index contributed by atoms with van der Waals surface area (Å²) < 4.78 is 16.2. The van der Waals surface area contributed by atoms with Gasteiger partial charge in [0.05, 0.1) is 31.0 Å².